The molecule has 0 aromatic rings. The fourth-order valence-electron chi connectivity index (χ4n) is 4.24. The fourth-order valence-corrected chi connectivity index (χ4v) is 4.24. The fraction of sp³-hybridized carbons (Fsp3) is 0.938. The third-order valence-electron chi connectivity index (χ3n) is 6.14. The van der Waals surface area contributed by atoms with Crippen molar-refractivity contribution in [3.8, 4) is 0 Å². The van der Waals surface area contributed by atoms with Crippen LogP contribution in [-0.4, -0.2) is 36.4 Å². The molecular weight excluding hydrogens is 480 g/mol. The molecule has 0 radical (unpaired) electrons. The van der Waals surface area contributed by atoms with Crippen LogP contribution in [0.5, 0.6) is 0 Å². The molecule has 0 rings (SSSR count). The molecule has 0 heterocycles. The summed E-state index contributed by atoms with van der Waals surface area (Å²) in [6.45, 7) is 12.9. The summed E-state index contributed by atoms with van der Waals surface area (Å²) >= 11 is 0. The molecule has 226 valence electrons. The summed E-state index contributed by atoms with van der Waals surface area (Å²) in [5, 5.41) is 0. The number of ether oxygens (including phenoxy) is 2. The molecule has 0 saturated carbocycles. The molecule has 0 aliphatic heterocycles. The minimum Gasteiger partial charge on any atom is -0.460 e. The van der Waals surface area contributed by atoms with Gasteiger partial charge in [0.2, 0.25) is 0 Å². The van der Waals surface area contributed by atoms with E-state index in [-0.39, 0.29) is 23.1 Å². The average molecular weight is 543 g/mol. The Bertz CT molecular complexity index is 511. The van der Waals surface area contributed by atoms with Gasteiger partial charge in [0.1, 0.15) is 11.2 Å². The molecule has 0 fully saturated rings. The second-order valence-corrected chi connectivity index (χ2v) is 12.7. The highest BCUT2D eigenvalue weighted by atomic mass is 17.2. The van der Waals surface area contributed by atoms with Crippen LogP contribution in [-0.2, 0) is 28.8 Å². The maximum Gasteiger partial charge on any atom is 0.306 e. The van der Waals surface area contributed by atoms with Crippen LogP contribution < -0.4 is 0 Å². The summed E-state index contributed by atoms with van der Waals surface area (Å²) in [6, 6.07) is 0. The summed E-state index contributed by atoms with van der Waals surface area (Å²) in [5.41, 5.74) is -0.743. The number of rotatable bonds is 25. The first-order valence-corrected chi connectivity index (χ1v) is 15.7. The van der Waals surface area contributed by atoms with Gasteiger partial charge in [-0.3, -0.25) is 9.59 Å². The van der Waals surface area contributed by atoms with Crippen molar-refractivity contribution in [3.05, 3.63) is 0 Å². The van der Waals surface area contributed by atoms with Crippen LogP contribution >= 0.6 is 0 Å². The molecule has 0 unspecified atom stereocenters. The second-order valence-electron chi connectivity index (χ2n) is 12.7. The van der Waals surface area contributed by atoms with E-state index in [4.69, 9.17) is 19.2 Å². The maximum absolute atomic E-state index is 11.7. The van der Waals surface area contributed by atoms with Gasteiger partial charge in [-0.25, -0.2) is 9.78 Å². The first-order valence-electron chi connectivity index (χ1n) is 15.7. The van der Waals surface area contributed by atoms with E-state index in [1.54, 1.807) is 0 Å². The first kappa shape index (κ1) is 36.9. The Hall–Kier alpha value is -1.14. The Balaban J connectivity index is 3.18. The number of carbonyl (C=O) groups is 2. The van der Waals surface area contributed by atoms with E-state index >= 15 is 0 Å². The van der Waals surface area contributed by atoms with E-state index in [2.05, 4.69) is 0 Å². The minimum absolute atomic E-state index is 0.0728. The van der Waals surface area contributed by atoms with Crippen molar-refractivity contribution in [3.63, 3.8) is 0 Å². The standard InChI is InChI=1S/C32H62O6/c1-31(2,3)37-29(33)25-21-17-13-9-7-11-15-19-23-27-35-36-28-24-20-16-12-8-10-14-18-22-26-30(34)38-32(4,5)6/h7-28H2,1-6H3. The molecule has 0 spiro atoms. The molecule has 0 saturated heterocycles. The van der Waals surface area contributed by atoms with E-state index in [0.717, 1.165) is 38.5 Å². The molecule has 0 atom stereocenters. The Kier molecular flexibility index (Phi) is 23.0. The monoisotopic (exact) mass is 542 g/mol. The molecule has 38 heavy (non-hydrogen) atoms. The van der Waals surface area contributed by atoms with Gasteiger partial charge in [-0.05, 0) is 67.2 Å². The third-order valence-corrected chi connectivity index (χ3v) is 6.14. The Labute approximate surface area is 235 Å². The van der Waals surface area contributed by atoms with Crippen LogP contribution in [0.1, 0.15) is 170 Å². The molecule has 0 bridgehead atoms. The topological polar surface area (TPSA) is 71.1 Å². The highest BCUT2D eigenvalue weighted by molar-refractivity contribution is 5.70. The van der Waals surface area contributed by atoms with Crippen LogP contribution in [0.2, 0.25) is 0 Å². The summed E-state index contributed by atoms with van der Waals surface area (Å²) in [5.74, 6) is -0.146. The SMILES string of the molecule is CC(C)(C)OC(=O)CCCCCCCCCCCOOCCCCCCCCCCCC(=O)OC(C)(C)C. The molecule has 0 aliphatic carbocycles. The summed E-state index contributed by atoms with van der Waals surface area (Å²) in [7, 11) is 0. The van der Waals surface area contributed by atoms with E-state index < -0.39 is 0 Å². The van der Waals surface area contributed by atoms with Gasteiger partial charge in [-0.15, -0.1) is 0 Å². The predicted molar refractivity (Wildman–Crippen MR) is 156 cm³/mol. The number of hydrogen-bond acceptors (Lipinski definition) is 6. The highest BCUT2D eigenvalue weighted by Gasteiger charge is 2.16. The quantitative estimate of drug-likeness (QED) is 0.0495. The van der Waals surface area contributed by atoms with Crippen LogP contribution in [0.25, 0.3) is 0 Å². The predicted octanol–water partition coefficient (Wildman–Crippen LogP) is 9.42. The molecule has 0 aromatic carbocycles. The Morgan fingerprint density at radius 1 is 0.395 bits per heavy atom. The summed E-state index contributed by atoms with van der Waals surface area (Å²) in [4.78, 5) is 33.9. The lowest BCUT2D eigenvalue weighted by Crippen LogP contribution is -2.23. The summed E-state index contributed by atoms with van der Waals surface area (Å²) in [6.07, 6.45) is 22.2. The zero-order valence-corrected chi connectivity index (χ0v) is 26.0. The van der Waals surface area contributed by atoms with Crippen LogP contribution in [0.3, 0.4) is 0 Å². The van der Waals surface area contributed by atoms with Crippen molar-refractivity contribution in [1.82, 2.24) is 0 Å². The van der Waals surface area contributed by atoms with Gasteiger partial charge in [0.25, 0.3) is 0 Å². The van der Waals surface area contributed by atoms with Gasteiger partial charge in [0.15, 0.2) is 0 Å². The van der Waals surface area contributed by atoms with E-state index in [1.165, 1.54) is 77.0 Å². The number of hydrogen-bond donors (Lipinski definition) is 0. The van der Waals surface area contributed by atoms with Gasteiger partial charge in [-0.2, -0.15) is 0 Å². The number of unbranched alkanes of at least 4 members (excludes halogenated alkanes) is 16. The van der Waals surface area contributed by atoms with Crippen LogP contribution in [0.4, 0.5) is 0 Å². The normalized spacial score (nSPS) is 12.1. The van der Waals surface area contributed by atoms with Crippen molar-refractivity contribution in [2.45, 2.75) is 181 Å². The van der Waals surface area contributed by atoms with Crippen molar-refractivity contribution >= 4 is 11.9 Å². The van der Waals surface area contributed by atoms with Gasteiger partial charge in [0, 0.05) is 12.8 Å². The third kappa shape index (κ3) is 31.1. The number of esters is 2. The van der Waals surface area contributed by atoms with Gasteiger partial charge < -0.3 is 9.47 Å². The van der Waals surface area contributed by atoms with E-state index in [1.807, 2.05) is 41.5 Å². The lowest BCUT2D eigenvalue weighted by atomic mass is 10.1. The zero-order valence-electron chi connectivity index (χ0n) is 26.0. The van der Waals surface area contributed by atoms with Crippen molar-refractivity contribution in [2.75, 3.05) is 13.2 Å². The van der Waals surface area contributed by atoms with Crippen LogP contribution in [0, 0.1) is 0 Å². The highest BCUT2D eigenvalue weighted by Crippen LogP contribution is 2.15. The van der Waals surface area contributed by atoms with Crippen molar-refractivity contribution in [1.29, 1.82) is 0 Å². The van der Waals surface area contributed by atoms with Gasteiger partial charge in [0.05, 0.1) is 13.2 Å². The second kappa shape index (κ2) is 23.7. The first-order chi connectivity index (χ1) is 18.0. The molecular formula is C32H62O6. The molecule has 6 heteroatoms. The molecule has 0 N–H and O–H groups in total. The average Bonchev–Trinajstić information content (AvgIpc) is 2.79. The maximum atomic E-state index is 11.7. The Morgan fingerprint density at radius 2 is 0.632 bits per heavy atom. The van der Waals surface area contributed by atoms with E-state index in [9.17, 15) is 9.59 Å². The summed E-state index contributed by atoms with van der Waals surface area (Å²) < 4.78 is 10.7. The van der Waals surface area contributed by atoms with Gasteiger partial charge in [-0.1, -0.05) is 89.9 Å². The van der Waals surface area contributed by atoms with Gasteiger partial charge >= 0.3 is 11.9 Å². The smallest absolute Gasteiger partial charge is 0.306 e. The number of carbonyl (C=O) groups excluding carboxylic acids is 2. The minimum atomic E-state index is -0.372. The van der Waals surface area contributed by atoms with Crippen molar-refractivity contribution < 1.29 is 28.8 Å². The molecule has 0 amide bonds. The Morgan fingerprint density at radius 3 is 0.895 bits per heavy atom. The zero-order chi connectivity index (χ0) is 28.5. The molecule has 0 aromatic heterocycles. The van der Waals surface area contributed by atoms with Crippen molar-refractivity contribution in [2.24, 2.45) is 0 Å². The largest absolute Gasteiger partial charge is 0.460 e. The lowest BCUT2D eigenvalue weighted by molar-refractivity contribution is -0.295. The lowest BCUT2D eigenvalue weighted by Gasteiger charge is -2.19. The molecule has 0 aliphatic rings. The molecule has 6 nitrogen and oxygen atoms in total. The van der Waals surface area contributed by atoms with E-state index in [0.29, 0.717) is 26.1 Å². The van der Waals surface area contributed by atoms with Crippen LogP contribution in [0.15, 0.2) is 0 Å².